The highest BCUT2D eigenvalue weighted by Gasteiger charge is 2.51. The van der Waals surface area contributed by atoms with Crippen LogP contribution in [0.25, 0.3) is 89.6 Å². The van der Waals surface area contributed by atoms with E-state index in [1.54, 1.807) is 0 Å². The number of nitrogens with zero attached hydrogens (tertiary/aromatic N) is 6. The van der Waals surface area contributed by atoms with Gasteiger partial charge in [-0.1, -0.05) is 344 Å². The molecule has 0 aliphatic carbocycles. The van der Waals surface area contributed by atoms with Gasteiger partial charge in [-0.25, -0.2) is 9.97 Å². The molecule has 18 heteroatoms. The van der Waals surface area contributed by atoms with Crippen molar-refractivity contribution in [2.75, 3.05) is 19.6 Å². The normalized spacial score (nSPS) is 11.8. The van der Waals surface area contributed by atoms with Crippen molar-refractivity contribution in [2.45, 2.75) is 38.9 Å². The molecule has 1 aliphatic heterocycles. The third-order valence-corrected chi connectivity index (χ3v) is 27.1. The van der Waals surface area contributed by atoms with E-state index in [0.29, 0.717) is 11.8 Å². The highest BCUT2D eigenvalue weighted by Crippen LogP contribution is 2.43. The number of fused-ring (bicyclic) bond motifs is 2. The van der Waals surface area contributed by atoms with Gasteiger partial charge in [-0.05, 0) is 343 Å². The van der Waals surface area contributed by atoms with Crippen molar-refractivity contribution >= 4 is 187 Å². The number of rotatable bonds is 19. The summed E-state index contributed by atoms with van der Waals surface area (Å²) < 4.78 is 28.5. The van der Waals surface area contributed by atoms with Crippen LogP contribution < -0.4 is 30.5 Å². The van der Waals surface area contributed by atoms with E-state index in [0.717, 1.165) is 131 Å². The van der Waals surface area contributed by atoms with E-state index < -0.39 is 0 Å². The fraction of sp³-hybridized carbons (Fsp3) is 0.0469. The molecule has 2 aromatic heterocycles. The SMILES string of the molecule is Brc1ccc(-c2ccc(N(c3ccccc3)c3ccccc3)cc2)cc1.Brc1ccc(-c2ccc(N(c3ccccc3)c3ccccc3)cc2)cc1.Brc1ccc(I)cc1.CC1(C)OB(c2ccc(-c3nc4ccccc4o3)cc2)OC1(C)C.O.O.[B]c1ccc(N(c2ccccc2)c2ccccc2)cc1.c1ccc(N(c2ccccc2)c2ccc(-c3ccc(-c4ccc(-c5nc6ccccc6o5)cc4)cc3)cc2)cc1. The molecule has 146 heavy (non-hydrogen) atoms. The molecule has 0 bridgehead atoms. The maximum Gasteiger partial charge on any atom is 0.494 e. The van der Waals surface area contributed by atoms with Crippen LogP contribution in [0.5, 0.6) is 0 Å². The van der Waals surface area contributed by atoms with Crippen molar-refractivity contribution in [1.29, 1.82) is 0 Å². The first-order valence-corrected chi connectivity index (χ1v) is 51.0. The molecule has 2 radical (unpaired) electrons. The van der Waals surface area contributed by atoms with Gasteiger partial charge in [0.1, 0.15) is 18.9 Å². The molecule has 716 valence electrons. The van der Waals surface area contributed by atoms with E-state index in [9.17, 15) is 0 Å². The van der Waals surface area contributed by atoms with Gasteiger partial charge in [-0.2, -0.15) is 0 Å². The second-order valence-electron chi connectivity index (χ2n) is 35.0. The van der Waals surface area contributed by atoms with Gasteiger partial charge in [-0.3, -0.25) is 0 Å². The predicted octanol–water partition coefficient (Wildman–Crippen LogP) is 34.6. The van der Waals surface area contributed by atoms with E-state index in [1.165, 1.54) is 42.5 Å². The summed E-state index contributed by atoms with van der Waals surface area (Å²) in [5, 5.41) is 0. The first-order chi connectivity index (χ1) is 70.4. The number of halogens is 4. The molecule has 0 saturated carbocycles. The number of hydrogen-bond acceptors (Lipinski definition) is 10. The summed E-state index contributed by atoms with van der Waals surface area (Å²) in [5.74, 6) is 1.27. The molecule has 3 heterocycles. The summed E-state index contributed by atoms with van der Waals surface area (Å²) >= 11 is 12.6. The molecule has 0 spiro atoms. The zero-order valence-corrected chi connectivity index (χ0v) is 87.7. The van der Waals surface area contributed by atoms with Gasteiger partial charge < -0.3 is 48.7 Å². The molecule has 1 saturated heterocycles. The zero-order chi connectivity index (χ0) is 99.0. The van der Waals surface area contributed by atoms with Gasteiger partial charge in [0, 0.05) is 96.4 Å². The molecule has 1 aliphatic rings. The lowest BCUT2D eigenvalue weighted by molar-refractivity contribution is 0.00578. The number of hydrogen-bond donors (Lipinski definition) is 0. The zero-order valence-electron chi connectivity index (χ0n) is 80.8. The highest BCUT2D eigenvalue weighted by atomic mass is 127. The Kier molecular flexibility index (Phi) is 35.3. The summed E-state index contributed by atoms with van der Waals surface area (Å²) in [6.45, 7) is 8.22. The molecule has 1 fully saturated rings. The maximum absolute atomic E-state index is 6.08. The second kappa shape index (κ2) is 49.8. The Morgan fingerprint density at radius 2 is 0.411 bits per heavy atom. The lowest BCUT2D eigenvalue weighted by atomic mass is 9.79. The topological polar surface area (TPSA) is 146 Å². The van der Waals surface area contributed by atoms with Crippen molar-refractivity contribution in [3.8, 4) is 67.4 Å². The van der Waals surface area contributed by atoms with Crippen LogP contribution in [0, 0.1) is 3.57 Å². The molecule has 0 unspecified atom stereocenters. The van der Waals surface area contributed by atoms with Crippen LogP contribution >= 0.6 is 70.4 Å². The third kappa shape index (κ3) is 26.4. The quantitative estimate of drug-likeness (QED) is 0.0566. The van der Waals surface area contributed by atoms with E-state index >= 15 is 0 Å². The van der Waals surface area contributed by atoms with E-state index in [4.69, 9.17) is 26.0 Å². The predicted molar refractivity (Wildman–Crippen MR) is 629 cm³/mol. The third-order valence-electron chi connectivity index (χ3n) is 24.8. The van der Waals surface area contributed by atoms with Crippen molar-refractivity contribution in [3.05, 3.63) is 551 Å². The summed E-state index contributed by atoms with van der Waals surface area (Å²) in [5.41, 5.74) is 29.5. The molecule has 0 atom stereocenters. The van der Waals surface area contributed by atoms with E-state index in [-0.39, 0.29) is 29.3 Å². The molecule has 22 aromatic rings. The average molecular weight is 2210 g/mol. The molecular weight excluding hydrogens is 2110 g/mol. The second-order valence-corrected chi connectivity index (χ2v) is 39.0. The van der Waals surface area contributed by atoms with Crippen LogP contribution in [0.4, 0.5) is 68.2 Å². The van der Waals surface area contributed by atoms with Gasteiger partial charge in [0.05, 0.1) is 11.2 Å². The minimum Gasteiger partial charge on any atom is -0.436 e. The number of aromatic nitrogens is 2. The van der Waals surface area contributed by atoms with Gasteiger partial charge >= 0.3 is 7.12 Å². The Labute approximate surface area is 894 Å². The molecule has 23 rings (SSSR count). The van der Waals surface area contributed by atoms with Gasteiger partial charge in [0.2, 0.25) is 11.8 Å². The number of anilines is 12. The van der Waals surface area contributed by atoms with Crippen molar-refractivity contribution in [1.82, 2.24) is 9.97 Å². The fourth-order valence-electron chi connectivity index (χ4n) is 16.6. The molecule has 12 nitrogen and oxygen atoms in total. The summed E-state index contributed by atoms with van der Waals surface area (Å²) in [7, 11) is 5.43. The molecule has 20 aromatic carbocycles. The maximum atomic E-state index is 6.08. The molecule has 4 N–H and O–H groups in total. The smallest absolute Gasteiger partial charge is 0.436 e. The van der Waals surface area contributed by atoms with Gasteiger partial charge in [-0.15, -0.1) is 0 Å². The Morgan fingerprint density at radius 3 is 0.644 bits per heavy atom. The standard InChI is InChI=1S/C37H26N2O.2C24H18BrN.C19H20BNO3.C18H14BN.C6H4BrI.2H2O/c1-3-9-32(10-4-1)39(33-11-5-2-6-12-33)34-25-23-30(24-26-34)28-17-15-27(16-18-28)29-19-21-31(22-20-29)37-38-35-13-7-8-14-36(35)40-37;2*25-21-15-11-19(12-16-21)20-13-17-24(18-14-20)26(22-7-3-1-4-8-22)23-9-5-2-6-10-23;1-18(2)19(3,4)24-20(23-18)14-11-9-13(10-12-14)17-21-15-7-5-6-8-16(15)22-17;19-15-11-13-18(14-12-15)20(16-7-3-1-4-8-16)17-9-5-2-6-10-17;7-5-1-3-6(8)4-2-5;;/h1-26H;2*1-18H;5-12H,1-4H3;1-14H;1-4H;2*1H2. The van der Waals surface area contributed by atoms with Crippen molar-refractivity contribution in [2.24, 2.45) is 0 Å². The van der Waals surface area contributed by atoms with Crippen LogP contribution in [-0.4, -0.2) is 47.1 Å². The minimum atomic E-state index is -0.354. The minimum absolute atomic E-state index is 0. The summed E-state index contributed by atoms with van der Waals surface area (Å²) in [6.07, 6.45) is 0. The van der Waals surface area contributed by atoms with E-state index in [1.807, 2.05) is 182 Å². The number of benzene rings is 20. The fourth-order valence-corrected chi connectivity index (χ4v) is 17.7. The Bertz CT molecular complexity index is 7370. The van der Waals surface area contributed by atoms with Crippen LogP contribution in [-0.2, 0) is 9.31 Å². The van der Waals surface area contributed by atoms with Gasteiger partial charge in [0.25, 0.3) is 0 Å². The highest BCUT2D eigenvalue weighted by molar-refractivity contribution is 14.1. The monoisotopic (exact) mass is 2210 g/mol. The number of oxazole rings is 2. The Balaban J connectivity index is 0.000000130. The largest absolute Gasteiger partial charge is 0.494 e. The summed E-state index contributed by atoms with van der Waals surface area (Å²) in [6, 6.07) is 183. The Morgan fingerprint density at radius 1 is 0.226 bits per heavy atom. The average Bonchev–Trinajstić information content (AvgIpc) is 1.62. The Hall–Kier alpha value is -15.3. The first-order valence-electron chi connectivity index (χ1n) is 47.5. The van der Waals surface area contributed by atoms with Crippen molar-refractivity contribution < 1.29 is 29.1 Å². The number of para-hydroxylation sites is 12. The molecule has 0 amide bonds. The van der Waals surface area contributed by atoms with E-state index in [2.05, 4.69) is 479 Å². The van der Waals surface area contributed by atoms with Crippen molar-refractivity contribution in [3.63, 3.8) is 0 Å². The lowest BCUT2D eigenvalue weighted by Crippen LogP contribution is -2.41. The molecular formula is C128H104B2Br3IN6O6. The van der Waals surface area contributed by atoms with Crippen LogP contribution in [0.3, 0.4) is 0 Å². The van der Waals surface area contributed by atoms with Crippen LogP contribution in [0.15, 0.2) is 556 Å². The first kappa shape index (κ1) is 104. The van der Waals surface area contributed by atoms with Crippen LogP contribution in [0.1, 0.15) is 27.7 Å². The summed E-state index contributed by atoms with van der Waals surface area (Å²) in [4.78, 5) is 18.2. The van der Waals surface area contributed by atoms with Crippen LogP contribution in [0.2, 0.25) is 0 Å². The van der Waals surface area contributed by atoms with Gasteiger partial charge in [0.15, 0.2) is 11.2 Å². The lowest BCUT2D eigenvalue weighted by Gasteiger charge is -2.32.